The molecule has 166 valence electrons. The fraction of sp³-hybridized carbons (Fsp3) is 0.333. The minimum Gasteiger partial charge on any atom is -0.369 e. The number of aryl methyl sites for hydroxylation is 1. The number of nitrogens with one attached hydrogen (secondary N) is 2. The van der Waals surface area contributed by atoms with E-state index in [1.165, 1.54) is 24.3 Å². The van der Waals surface area contributed by atoms with Crippen LogP contribution in [0, 0.1) is 24.5 Å². The number of aromatic nitrogens is 1. The van der Waals surface area contributed by atoms with Gasteiger partial charge in [-0.15, -0.1) is 0 Å². The molecule has 2 saturated heterocycles. The van der Waals surface area contributed by atoms with Gasteiger partial charge in [-0.3, -0.25) is 9.59 Å². The summed E-state index contributed by atoms with van der Waals surface area (Å²) in [5, 5.41) is 3.06. The van der Waals surface area contributed by atoms with Crippen LogP contribution in [-0.2, 0) is 4.79 Å². The van der Waals surface area contributed by atoms with Crippen molar-refractivity contribution in [1.29, 1.82) is 0 Å². The Kier molecular flexibility index (Phi) is 4.87. The molecule has 3 heterocycles. The van der Waals surface area contributed by atoms with Crippen molar-refractivity contribution in [2.24, 2.45) is 5.92 Å². The summed E-state index contributed by atoms with van der Waals surface area (Å²) in [6.45, 7) is 5.57. The van der Waals surface area contributed by atoms with E-state index < -0.39 is 17.5 Å². The van der Waals surface area contributed by atoms with Gasteiger partial charge < -0.3 is 20.1 Å². The fourth-order valence-electron chi connectivity index (χ4n) is 5.04. The van der Waals surface area contributed by atoms with E-state index in [2.05, 4.69) is 15.2 Å². The lowest BCUT2D eigenvalue weighted by Gasteiger charge is -2.25. The van der Waals surface area contributed by atoms with Gasteiger partial charge in [-0.2, -0.15) is 0 Å². The van der Waals surface area contributed by atoms with Crippen molar-refractivity contribution in [3.63, 3.8) is 0 Å². The third-order valence-corrected chi connectivity index (χ3v) is 6.65. The van der Waals surface area contributed by atoms with Gasteiger partial charge >= 0.3 is 0 Å². The van der Waals surface area contributed by atoms with E-state index in [4.69, 9.17) is 0 Å². The molecule has 0 bridgehead atoms. The third kappa shape index (κ3) is 3.49. The molecule has 0 radical (unpaired) electrons. The normalized spacial score (nSPS) is 20.1. The number of hydrogen-bond acceptors (Lipinski definition) is 3. The summed E-state index contributed by atoms with van der Waals surface area (Å²) in [5.74, 6) is -0.913. The van der Waals surface area contributed by atoms with Crippen LogP contribution in [0.15, 0.2) is 36.4 Å². The van der Waals surface area contributed by atoms with Crippen LogP contribution >= 0.6 is 0 Å². The predicted octanol–water partition coefficient (Wildman–Crippen LogP) is 4.06. The SMILES string of the molecule is CC(=O)N1CC[C@@H]2CN(c3cc(F)cc(NC(=O)c4cc5c(F)ccc(C)c5[nH]4)c3)C[C@@H]21. The molecule has 2 fully saturated rings. The third-order valence-electron chi connectivity index (χ3n) is 6.65. The molecule has 5 rings (SSSR count). The highest BCUT2D eigenvalue weighted by molar-refractivity contribution is 6.06. The molecule has 2 N–H and O–H groups in total. The number of anilines is 2. The van der Waals surface area contributed by atoms with Gasteiger partial charge in [0.2, 0.25) is 5.91 Å². The number of halogens is 2. The van der Waals surface area contributed by atoms with E-state index in [9.17, 15) is 18.4 Å². The van der Waals surface area contributed by atoms with Crippen molar-refractivity contribution in [3.05, 3.63) is 59.3 Å². The molecule has 0 unspecified atom stereocenters. The van der Waals surface area contributed by atoms with E-state index in [1.54, 1.807) is 19.1 Å². The van der Waals surface area contributed by atoms with Gasteiger partial charge in [-0.25, -0.2) is 8.78 Å². The van der Waals surface area contributed by atoms with Gasteiger partial charge in [0.05, 0.1) is 11.6 Å². The van der Waals surface area contributed by atoms with Crippen molar-refractivity contribution in [1.82, 2.24) is 9.88 Å². The number of amides is 2. The predicted molar refractivity (Wildman–Crippen MR) is 119 cm³/mol. The van der Waals surface area contributed by atoms with E-state index in [0.717, 1.165) is 25.1 Å². The van der Waals surface area contributed by atoms with Crippen LogP contribution < -0.4 is 10.2 Å². The Morgan fingerprint density at radius 1 is 1.12 bits per heavy atom. The number of nitrogens with zero attached hydrogens (tertiary/aromatic N) is 2. The molecule has 0 spiro atoms. The molecule has 2 amide bonds. The summed E-state index contributed by atoms with van der Waals surface area (Å²) in [7, 11) is 0. The minimum atomic E-state index is -0.474. The highest BCUT2D eigenvalue weighted by Crippen LogP contribution is 2.35. The fourth-order valence-corrected chi connectivity index (χ4v) is 5.04. The van der Waals surface area contributed by atoms with Gasteiger partial charge in [0.1, 0.15) is 17.3 Å². The Morgan fingerprint density at radius 2 is 1.94 bits per heavy atom. The number of carbonyl (C=O) groups excluding carboxylic acids is 2. The number of aromatic amines is 1. The number of fused-ring (bicyclic) bond motifs is 2. The second-order valence-corrected chi connectivity index (χ2v) is 8.72. The van der Waals surface area contributed by atoms with Crippen molar-refractivity contribution in [2.45, 2.75) is 26.3 Å². The van der Waals surface area contributed by atoms with E-state index in [-0.39, 0.29) is 17.6 Å². The zero-order valence-electron chi connectivity index (χ0n) is 17.9. The molecule has 32 heavy (non-hydrogen) atoms. The molecule has 2 aromatic carbocycles. The first-order valence-corrected chi connectivity index (χ1v) is 10.7. The van der Waals surface area contributed by atoms with E-state index in [1.807, 2.05) is 11.8 Å². The lowest BCUT2D eigenvalue weighted by Crippen LogP contribution is -2.38. The van der Waals surface area contributed by atoms with Gasteiger partial charge in [0, 0.05) is 49.2 Å². The van der Waals surface area contributed by atoms with Crippen LogP contribution in [0.4, 0.5) is 20.2 Å². The largest absolute Gasteiger partial charge is 0.369 e. The Morgan fingerprint density at radius 3 is 2.69 bits per heavy atom. The summed E-state index contributed by atoms with van der Waals surface area (Å²) in [5.41, 5.74) is 2.58. The van der Waals surface area contributed by atoms with Gasteiger partial charge in [0.25, 0.3) is 5.91 Å². The first-order valence-electron chi connectivity index (χ1n) is 10.7. The maximum atomic E-state index is 14.4. The number of likely N-dealkylation sites (tertiary alicyclic amines) is 1. The summed E-state index contributed by atoms with van der Waals surface area (Å²) < 4.78 is 28.5. The first-order chi connectivity index (χ1) is 15.3. The van der Waals surface area contributed by atoms with Gasteiger partial charge in [-0.05, 0) is 49.2 Å². The maximum absolute atomic E-state index is 14.4. The Balaban J connectivity index is 1.37. The van der Waals surface area contributed by atoms with Crippen LogP contribution in [0.1, 0.15) is 29.4 Å². The highest BCUT2D eigenvalue weighted by Gasteiger charge is 2.42. The standard InChI is InChI=1S/C24H24F2N4O2/c1-13-3-4-20(26)19-10-21(28-23(13)19)24(32)27-17-7-16(25)8-18(9-17)29-11-15-5-6-30(14(2)31)22(15)12-29/h3-4,7-10,15,22,28H,5-6,11-12H2,1-2H3,(H,27,32)/t15-,22+/m1/s1. The zero-order chi connectivity index (χ0) is 22.6. The molecular formula is C24H24F2N4O2. The Bertz CT molecular complexity index is 1200. The maximum Gasteiger partial charge on any atom is 0.272 e. The van der Waals surface area contributed by atoms with Crippen LogP contribution in [0.2, 0.25) is 0 Å². The van der Waals surface area contributed by atoms with E-state index >= 15 is 0 Å². The lowest BCUT2D eigenvalue weighted by molar-refractivity contribution is -0.129. The number of benzene rings is 2. The number of H-pyrrole nitrogens is 1. The first kappa shape index (κ1) is 20.5. The van der Waals surface area contributed by atoms with Gasteiger partial charge in [-0.1, -0.05) is 6.07 Å². The highest BCUT2D eigenvalue weighted by atomic mass is 19.1. The average molecular weight is 438 g/mol. The molecule has 8 heteroatoms. The van der Waals surface area contributed by atoms with Gasteiger partial charge in [0.15, 0.2) is 0 Å². The molecule has 3 aromatic rings. The van der Waals surface area contributed by atoms with Crippen LogP contribution in [0.3, 0.4) is 0 Å². The van der Waals surface area contributed by atoms with Crippen molar-refractivity contribution >= 4 is 34.1 Å². The van der Waals surface area contributed by atoms with Crippen molar-refractivity contribution in [2.75, 3.05) is 29.9 Å². The Hall–Kier alpha value is -3.42. The molecule has 0 aliphatic carbocycles. The summed E-state index contributed by atoms with van der Waals surface area (Å²) in [4.78, 5) is 31.6. The van der Waals surface area contributed by atoms with Crippen LogP contribution in [-0.4, -0.2) is 47.4 Å². The summed E-state index contributed by atoms with van der Waals surface area (Å²) in [6.07, 6.45) is 0.940. The average Bonchev–Trinajstić information content (AvgIpc) is 3.44. The number of hydrogen-bond donors (Lipinski definition) is 2. The summed E-state index contributed by atoms with van der Waals surface area (Å²) >= 11 is 0. The number of rotatable bonds is 3. The smallest absolute Gasteiger partial charge is 0.272 e. The monoisotopic (exact) mass is 438 g/mol. The summed E-state index contributed by atoms with van der Waals surface area (Å²) in [6, 6.07) is 9.04. The number of carbonyl (C=O) groups is 2. The molecule has 2 atom stereocenters. The molecule has 6 nitrogen and oxygen atoms in total. The second-order valence-electron chi connectivity index (χ2n) is 8.72. The molecule has 2 aliphatic rings. The zero-order valence-corrected chi connectivity index (χ0v) is 17.9. The van der Waals surface area contributed by atoms with Crippen LogP contribution in [0.25, 0.3) is 10.9 Å². The van der Waals surface area contributed by atoms with Crippen LogP contribution in [0.5, 0.6) is 0 Å². The quantitative estimate of drug-likeness (QED) is 0.648. The second kappa shape index (κ2) is 7.62. The molecule has 2 aliphatic heterocycles. The molecular weight excluding hydrogens is 414 g/mol. The lowest BCUT2D eigenvalue weighted by atomic mass is 10.1. The van der Waals surface area contributed by atoms with Crippen molar-refractivity contribution in [3.8, 4) is 0 Å². The minimum absolute atomic E-state index is 0.0663. The molecule has 0 saturated carbocycles. The van der Waals surface area contributed by atoms with Crippen molar-refractivity contribution < 1.29 is 18.4 Å². The molecule has 1 aromatic heterocycles. The van der Waals surface area contributed by atoms with E-state index in [0.29, 0.717) is 34.7 Å². The topological polar surface area (TPSA) is 68.4 Å². The Labute approximate surface area is 184 Å².